The van der Waals surface area contributed by atoms with E-state index >= 15 is 0 Å². The van der Waals surface area contributed by atoms with Gasteiger partial charge in [0.05, 0.1) is 10.6 Å². The summed E-state index contributed by atoms with van der Waals surface area (Å²) in [6, 6.07) is 9.98. The van der Waals surface area contributed by atoms with Crippen molar-refractivity contribution in [3.63, 3.8) is 0 Å². The van der Waals surface area contributed by atoms with Crippen LogP contribution in [-0.4, -0.2) is 62.5 Å². The summed E-state index contributed by atoms with van der Waals surface area (Å²) in [6.45, 7) is 5.91. The molecule has 0 radical (unpaired) electrons. The van der Waals surface area contributed by atoms with Crippen molar-refractivity contribution in [3.05, 3.63) is 58.9 Å². The highest BCUT2D eigenvalue weighted by molar-refractivity contribution is 6.30. The molecule has 1 aliphatic rings. The van der Waals surface area contributed by atoms with Crippen LogP contribution in [0.1, 0.15) is 47.5 Å². The molecule has 3 aromatic rings. The number of likely N-dealkylation sites (tertiary alicyclic amines) is 1. The third-order valence-corrected chi connectivity index (χ3v) is 6.52. The molecule has 0 atom stereocenters. The summed E-state index contributed by atoms with van der Waals surface area (Å²) in [7, 11) is 0. The van der Waals surface area contributed by atoms with Crippen LogP contribution in [0.25, 0.3) is 10.9 Å². The van der Waals surface area contributed by atoms with Crippen molar-refractivity contribution >= 4 is 46.1 Å². The van der Waals surface area contributed by atoms with Crippen LogP contribution in [-0.2, 0) is 11.3 Å². The van der Waals surface area contributed by atoms with Crippen LogP contribution < -0.4 is 10.6 Å². The van der Waals surface area contributed by atoms with E-state index in [0.29, 0.717) is 27.8 Å². The third kappa shape index (κ3) is 5.63. The smallest absolute Gasteiger partial charge is 0.336 e. The molecule has 1 fully saturated rings. The van der Waals surface area contributed by atoms with E-state index in [9.17, 15) is 19.5 Å². The Bertz CT molecular complexity index is 1250. The molecular formula is C25H28ClN5O4. The Kier molecular flexibility index (Phi) is 7.37. The van der Waals surface area contributed by atoms with Crippen LogP contribution in [0.5, 0.6) is 0 Å². The second-order valence-electron chi connectivity index (χ2n) is 8.95. The molecule has 1 saturated heterocycles. The molecule has 2 aromatic heterocycles. The molecule has 0 aliphatic carbocycles. The lowest BCUT2D eigenvalue weighted by atomic mass is 10.0. The molecule has 2 amide bonds. The van der Waals surface area contributed by atoms with Crippen LogP contribution in [0.2, 0.25) is 5.02 Å². The van der Waals surface area contributed by atoms with E-state index < -0.39 is 11.9 Å². The summed E-state index contributed by atoms with van der Waals surface area (Å²) >= 11 is 5.85. The fourth-order valence-corrected chi connectivity index (χ4v) is 4.54. The number of aromatic nitrogens is 2. The van der Waals surface area contributed by atoms with Crippen molar-refractivity contribution in [2.75, 3.05) is 18.4 Å². The Morgan fingerprint density at radius 1 is 1.17 bits per heavy atom. The highest BCUT2D eigenvalue weighted by atomic mass is 35.5. The molecule has 0 saturated carbocycles. The van der Waals surface area contributed by atoms with Crippen LogP contribution in [0.15, 0.2) is 42.6 Å². The molecule has 1 aliphatic heterocycles. The number of carbonyl (C=O) groups is 3. The molecule has 0 bridgehead atoms. The Hall–Kier alpha value is -3.43. The number of carboxylic acids is 1. The molecule has 3 N–H and O–H groups in total. The van der Waals surface area contributed by atoms with Gasteiger partial charge < -0.3 is 25.2 Å². The molecule has 4 rings (SSSR count). The first-order valence-electron chi connectivity index (χ1n) is 11.5. The first-order valence-corrected chi connectivity index (χ1v) is 11.9. The second kappa shape index (κ2) is 10.5. The maximum Gasteiger partial charge on any atom is 0.336 e. The van der Waals surface area contributed by atoms with Crippen molar-refractivity contribution in [2.24, 2.45) is 0 Å². The number of benzene rings is 1. The third-order valence-electron chi connectivity index (χ3n) is 6.30. The molecule has 1 aromatic carbocycles. The van der Waals surface area contributed by atoms with Gasteiger partial charge in [-0.2, -0.15) is 0 Å². The van der Waals surface area contributed by atoms with E-state index in [1.165, 1.54) is 12.3 Å². The van der Waals surface area contributed by atoms with E-state index in [0.717, 1.165) is 25.9 Å². The average Bonchev–Trinajstić information content (AvgIpc) is 3.19. The van der Waals surface area contributed by atoms with Crippen molar-refractivity contribution in [3.8, 4) is 0 Å². The molecule has 3 heterocycles. The standard InChI is InChI=1S/C25H28ClN5O4/c1-15(2)30-10-8-17(9-11-30)28-24(33)21-12-19-18(25(34)35)4-3-5-20(19)31(21)14-23(32)29-22-7-6-16(26)13-27-22/h3-7,12-13,15,17H,8-11,14H2,1-2H3,(H,28,33)(H,34,35)(H,27,29,32). The number of aromatic carboxylic acids is 1. The van der Waals surface area contributed by atoms with Crippen molar-refractivity contribution in [1.29, 1.82) is 0 Å². The average molecular weight is 498 g/mol. The summed E-state index contributed by atoms with van der Waals surface area (Å²) in [5.74, 6) is -1.52. The number of hydrogen-bond donors (Lipinski definition) is 3. The topological polar surface area (TPSA) is 117 Å². The molecule has 9 nitrogen and oxygen atoms in total. The summed E-state index contributed by atoms with van der Waals surface area (Å²) in [6.07, 6.45) is 3.07. The van der Waals surface area contributed by atoms with Crippen LogP contribution in [0, 0.1) is 0 Å². The van der Waals surface area contributed by atoms with Gasteiger partial charge in [0.1, 0.15) is 18.1 Å². The number of piperidine rings is 1. The number of carbonyl (C=O) groups excluding carboxylic acids is 2. The Morgan fingerprint density at radius 3 is 2.54 bits per heavy atom. The lowest BCUT2D eigenvalue weighted by Crippen LogP contribution is -2.47. The lowest BCUT2D eigenvalue weighted by Gasteiger charge is -2.34. The highest BCUT2D eigenvalue weighted by Gasteiger charge is 2.26. The molecule has 184 valence electrons. The van der Waals surface area contributed by atoms with Gasteiger partial charge in [0.15, 0.2) is 0 Å². The predicted molar refractivity (Wildman–Crippen MR) is 134 cm³/mol. The number of nitrogens with zero attached hydrogens (tertiary/aromatic N) is 3. The first kappa shape index (κ1) is 24.7. The largest absolute Gasteiger partial charge is 0.478 e. The SMILES string of the molecule is CC(C)N1CCC(NC(=O)c2cc3c(C(=O)O)cccc3n2CC(=O)Nc2ccc(Cl)cn2)CC1. The zero-order valence-electron chi connectivity index (χ0n) is 19.6. The number of nitrogens with one attached hydrogen (secondary N) is 2. The number of rotatable bonds is 7. The first-order chi connectivity index (χ1) is 16.7. The summed E-state index contributed by atoms with van der Waals surface area (Å²) < 4.78 is 1.55. The van der Waals surface area contributed by atoms with Gasteiger partial charge in [-0.3, -0.25) is 9.59 Å². The van der Waals surface area contributed by atoms with Gasteiger partial charge >= 0.3 is 5.97 Å². The van der Waals surface area contributed by atoms with Gasteiger partial charge in [-0.1, -0.05) is 17.7 Å². The molecule has 0 unspecified atom stereocenters. The van der Waals surface area contributed by atoms with Crippen molar-refractivity contribution < 1.29 is 19.5 Å². The monoisotopic (exact) mass is 497 g/mol. The van der Waals surface area contributed by atoms with Gasteiger partial charge in [0.25, 0.3) is 5.91 Å². The maximum atomic E-state index is 13.3. The zero-order valence-corrected chi connectivity index (χ0v) is 20.4. The van der Waals surface area contributed by atoms with E-state index in [2.05, 4.69) is 34.4 Å². The predicted octanol–water partition coefficient (Wildman–Crippen LogP) is 3.63. The highest BCUT2D eigenvalue weighted by Crippen LogP contribution is 2.25. The Labute approximate surface area is 208 Å². The number of fused-ring (bicyclic) bond motifs is 1. The van der Waals surface area contributed by atoms with E-state index in [1.807, 2.05) is 0 Å². The summed E-state index contributed by atoms with van der Waals surface area (Å²) in [5.41, 5.74) is 0.795. The minimum Gasteiger partial charge on any atom is -0.478 e. The number of pyridine rings is 1. The van der Waals surface area contributed by atoms with Gasteiger partial charge in [-0.05, 0) is 57.0 Å². The number of halogens is 1. The number of carboxylic acid groups (broad SMARTS) is 1. The number of amides is 2. The number of hydrogen-bond acceptors (Lipinski definition) is 5. The Balaban J connectivity index is 1.60. The minimum absolute atomic E-state index is 0.00926. The molecular weight excluding hydrogens is 470 g/mol. The van der Waals surface area contributed by atoms with Gasteiger partial charge in [0, 0.05) is 42.3 Å². The van der Waals surface area contributed by atoms with Crippen molar-refractivity contribution in [1.82, 2.24) is 19.8 Å². The second-order valence-corrected chi connectivity index (χ2v) is 9.38. The fourth-order valence-electron chi connectivity index (χ4n) is 4.42. The van der Waals surface area contributed by atoms with Gasteiger partial charge in [-0.15, -0.1) is 0 Å². The molecule has 0 spiro atoms. The zero-order chi connectivity index (χ0) is 25.1. The lowest BCUT2D eigenvalue weighted by molar-refractivity contribution is -0.116. The molecule has 10 heteroatoms. The van der Waals surface area contributed by atoms with Crippen LogP contribution in [0.4, 0.5) is 5.82 Å². The van der Waals surface area contributed by atoms with Crippen LogP contribution >= 0.6 is 11.6 Å². The summed E-state index contributed by atoms with van der Waals surface area (Å²) in [5, 5.41) is 16.3. The Morgan fingerprint density at radius 2 is 1.91 bits per heavy atom. The van der Waals surface area contributed by atoms with E-state index in [1.54, 1.807) is 34.9 Å². The fraction of sp³-hybridized carbons (Fsp3) is 0.360. The van der Waals surface area contributed by atoms with Gasteiger partial charge in [0.2, 0.25) is 5.91 Å². The maximum absolute atomic E-state index is 13.3. The number of anilines is 1. The quantitative estimate of drug-likeness (QED) is 0.459. The minimum atomic E-state index is -1.10. The van der Waals surface area contributed by atoms with Crippen LogP contribution in [0.3, 0.4) is 0 Å². The van der Waals surface area contributed by atoms with Crippen molar-refractivity contribution in [2.45, 2.75) is 45.3 Å². The normalized spacial score (nSPS) is 14.9. The summed E-state index contributed by atoms with van der Waals surface area (Å²) in [4.78, 5) is 44.4. The molecule has 35 heavy (non-hydrogen) atoms. The van der Waals surface area contributed by atoms with Gasteiger partial charge in [-0.25, -0.2) is 9.78 Å². The van der Waals surface area contributed by atoms with E-state index in [-0.39, 0.29) is 29.8 Å². The van der Waals surface area contributed by atoms with E-state index in [4.69, 9.17) is 11.6 Å².